The number of pyridine rings is 2. The molecule has 0 atom stereocenters. The van der Waals surface area contributed by atoms with Gasteiger partial charge < -0.3 is 0 Å². The molecule has 0 fully saturated rings. The van der Waals surface area contributed by atoms with Crippen molar-refractivity contribution in [2.24, 2.45) is 0 Å². The van der Waals surface area contributed by atoms with Gasteiger partial charge in [-0.15, -0.1) is 0 Å². The van der Waals surface area contributed by atoms with Gasteiger partial charge >= 0.3 is 241 Å². The third-order valence-corrected chi connectivity index (χ3v) is 12.5. The number of hydrogen-bond donors (Lipinski definition) is 0. The minimum atomic E-state index is -0.0260. The van der Waals surface area contributed by atoms with E-state index in [1.165, 1.54) is 25.6 Å². The summed E-state index contributed by atoms with van der Waals surface area (Å²) in [4.78, 5) is 16.0. The average molecular weight is 991 g/mol. The molecule has 0 saturated heterocycles. The second-order valence-corrected chi connectivity index (χ2v) is 18.5. The van der Waals surface area contributed by atoms with E-state index in [0.717, 1.165) is 45.5 Å². The first-order valence-corrected chi connectivity index (χ1v) is 20.6. The van der Waals surface area contributed by atoms with Gasteiger partial charge in [-0.2, -0.15) is 0 Å². The van der Waals surface area contributed by atoms with Crippen LogP contribution in [0.3, 0.4) is 0 Å². The van der Waals surface area contributed by atoms with Crippen LogP contribution in [0.2, 0.25) is 0 Å². The molecule has 2 aliphatic rings. The van der Waals surface area contributed by atoms with Gasteiger partial charge in [0.2, 0.25) is 0 Å². The average Bonchev–Trinajstić information content (AvgIpc) is 3.59. The molecule has 288 valence electrons. The van der Waals surface area contributed by atoms with E-state index in [0.29, 0.717) is 11.5 Å². The van der Waals surface area contributed by atoms with Crippen molar-refractivity contribution in [3.63, 3.8) is 0 Å². The van der Waals surface area contributed by atoms with Gasteiger partial charge in [-0.3, -0.25) is 0 Å². The Bertz CT molecular complexity index is 2580. The van der Waals surface area contributed by atoms with E-state index in [1.807, 2.05) is 36.8 Å². The molecule has 0 saturated carbocycles. The van der Waals surface area contributed by atoms with Gasteiger partial charge in [0.05, 0.1) is 0 Å². The van der Waals surface area contributed by atoms with Crippen LogP contribution in [-0.4, -0.2) is 24.9 Å². The molecular weight excluding hydrogens is 949 g/mol. The Hall–Kier alpha value is -5.19. The van der Waals surface area contributed by atoms with E-state index in [-0.39, 0.29) is 46.9 Å². The number of hydrogen-bond acceptors (Lipinski definition) is 6. The molecule has 4 heterocycles. The van der Waals surface area contributed by atoms with Gasteiger partial charge in [-0.1, -0.05) is 63.2 Å². The minimum Gasteiger partial charge on any atom is -0.0371 e. The van der Waals surface area contributed by atoms with Gasteiger partial charge in [0.15, 0.2) is 0 Å². The van der Waals surface area contributed by atoms with Crippen LogP contribution >= 0.6 is 0 Å². The van der Waals surface area contributed by atoms with Crippen LogP contribution in [0.5, 0.6) is 11.5 Å². The minimum absolute atomic E-state index is 0. The summed E-state index contributed by atoms with van der Waals surface area (Å²) in [5.41, 5.74) is 11.0. The van der Waals surface area contributed by atoms with Crippen LogP contribution in [0.1, 0.15) is 52.7 Å². The van der Waals surface area contributed by atoms with Gasteiger partial charge in [0, 0.05) is 21.1 Å². The Morgan fingerprint density at radius 3 is 2.19 bits per heavy atom. The molecule has 6 nitrogen and oxygen atoms in total. The molecule has 2 aromatic heterocycles. The van der Waals surface area contributed by atoms with Crippen LogP contribution in [0.25, 0.3) is 11.1 Å². The molecule has 0 radical (unpaired) electrons. The molecule has 0 N–H and O–H groups in total. The fourth-order valence-corrected chi connectivity index (χ4v) is 9.20. The first kappa shape index (κ1) is 38.7. The van der Waals surface area contributed by atoms with Crippen molar-refractivity contribution in [2.75, 3.05) is 14.7 Å². The fraction of sp³-hybridized carbons (Fsp3) is 0.163. The Balaban J connectivity index is 0.00000455. The summed E-state index contributed by atoms with van der Waals surface area (Å²) in [5, 5.41) is 0. The Kier molecular flexibility index (Phi) is 10.4. The summed E-state index contributed by atoms with van der Waals surface area (Å²) in [6.07, 6.45) is 5.72. The number of ether oxygens (including phenoxy) is 1. The van der Waals surface area contributed by atoms with Crippen molar-refractivity contribution in [1.29, 1.82) is 0 Å². The number of fused-ring (bicyclic) bond motifs is 3. The molecule has 0 amide bonds. The molecule has 9 rings (SSSR count). The summed E-state index contributed by atoms with van der Waals surface area (Å²) in [7, 11) is 0. The monoisotopic (exact) mass is 991 g/mol. The number of nitrogens with zero attached hydrogens (tertiary/aromatic N) is 5. The van der Waals surface area contributed by atoms with E-state index in [2.05, 4.69) is 183 Å². The van der Waals surface area contributed by atoms with Gasteiger partial charge in [0.25, 0.3) is 0 Å². The molecule has 57 heavy (non-hydrogen) atoms. The summed E-state index contributed by atoms with van der Waals surface area (Å²) >= 11 is 0.0514. The van der Waals surface area contributed by atoms with Gasteiger partial charge in [-0.05, 0) is 34.2 Å². The predicted molar refractivity (Wildman–Crippen MR) is 230 cm³/mol. The normalized spacial score (nSPS) is 13.4. The van der Waals surface area contributed by atoms with E-state index in [9.17, 15) is 0 Å². The molecule has 0 aliphatic carbocycles. The standard InChI is InChI=1S/C49H42N5OSe.Pt/c1-48(2,3)35-14-10-15-37(27-35)53-32-52(41-20-18-34(26-43(41)53)33-12-8-7-9-13-33)38-16-11-17-39(29-38)55-40-19-21-45-44(30-40)54(42-23-24-50-31-46(42)56-45)47-28-36(22-25-51-47)49(4,5)6;/h7-28,31-32H,1-6H3;/q-3;. The first-order chi connectivity index (χ1) is 27.0. The summed E-state index contributed by atoms with van der Waals surface area (Å²) in [5.74, 6) is 2.06. The number of rotatable bonds is 6. The molecular formula is C49H42N5OPtSe-3. The van der Waals surface area contributed by atoms with Gasteiger partial charge in [0.1, 0.15) is 0 Å². The molecule has 5 aromatic carbocycles. The number of benzene rings is 5. The van der Waals surface area contributed by atoms with Crippen molar-refractivity contribution in [3.8, 4) is 22.6 Å². The van der Waals surface area contributed by atoms with Crippen molar-refractivity contribution in [1.82, 2.24) is 9.97 Å². The maximum absolute atomic E-state index is 6.61. The van der Waals surface area contributed by atoms with E-state index < -0.39 is 0 Å². The topological polar surface area (TPSA) is 44.7 Å². The number of aromatic nitrogens is 2. The maximum atomic E-state index is 6.61. The largest absolute Gasteiger partial charge is 0.0371 e. The van der Waals surface area contributed by atoms with Gasteiger partial charge in [-0.25, -0.2) is 0 Å². The first-order valence-electron chi connectivity index (χ1n) is 18.9. The molecule has 0 spiro atoms. The quantitative estimate of drug-likeness (QED) is 0.122. The SMILES string of the molecule is CC(C)(C)c1cccc(N2[CH-]N(c3[c-]c(Oc4[c-]c5c(cc4)[Se]c4cnccc4N5c4cc(C(C)(C)C)ccn4)ccc3)c3ccc(-c4ccccc4)cc32)c1.[Pt]. The van der Waals surface area contributed by atoms with Crippen LogP contribution < -0.4 is 28.4 Å². The Labute approximate surface area is 357 Å². The zero-order valence-electron chi connectivity index (χ0n) is 32.7. The Morgan fingerprint density at radius 2 is 1.39 bits per heavy atom. The van der Waals surface area contributed by atoms with Crippen molar-refractivity contribution >= 4 is 63.8 Å². The van der Waals surface area contributed by atoms with E-state index >= 15 is 0 Å². The fourth-order valence-electron chi connectivity index (χ4n) is 7.12. The summed E-state index contributed by atoms with van der Waals surface area (Å²) in [6, 6.07) is 49.8. The van der Waals surface area contributed by atoms with E-state index in [4.69, 9.17) is 9.72 Å². The molecule has 8 heteroatoms. The van der Waals surface area contributed by atoms with Crippen molar-refractivity contribution < 1.29 is 25.8 Å². The molecule has 7 aromatic rings. The Morgan fingerprint density at radius 1 is 0.614 bits per heavy atom. The van der Waals surface area contributed by atoms with Crippen LogP contribution in [0.15, 0.2) is 140 Å². The summed E-state index contributed by atoms with van der Waals surface area (Å²) in [6.45, 7) is 15.6. The van der Waals surface area contributed by atoms with Crippen molar-refractivity contribution in [3.05, 3.63) is 170 Å². The zero-order chi connectivity index (χ0) is 38.6. The van der Waals surface area contributed by atoms with Crippen LogP contribution in [-0.2, 0) is 31.9 Å². The van der Waals surface area contributed by atoms with Crippen LogP contribution in [0.4, 0.5) is 39.9 Å². The van der Waals surface area contributed by atoms with Crippen LogP contribution in [0, 0.1) is 18.8 Å². The third kappa shape index (κ3) is 7.65. The third-order valence-electron chi connectivity index (χ3n) is 10.2. The predicted octanol–water partition coefficient (Wildman–Crippen LogP) is 11.0. The smallest absolute Gasteiger partial charge is 0 e. The molecule has 0 unspecified atom stereocenters. The second-order valence-electron chi connectivity index (χ2n) is 16.2. The summed E-state index contributed by atoms with van der Waals surface area (Å²) < 4.78 is 9.01. The second kappa shape index (κ2) is 15.3. The zero-order valence-corrected chi connectivity index (χ0v) is 36.7. The molecule has 0 bridgehead atoms. The van der Waals surface area contributed by atoms with Crippen molar-refractivity contribution in [2.45, 2.75) is 52.4 Å². The number of anilines is 7. The molecule has 2 aliphatic heterocycles. The van der Waals surface area contributed by atoms with E-state index in [1.54, 1.807) is 0 Å². The maximum Gasteiger partial charge on any atom is 0 e.